The van der Waals surface area contributed by atoms with Crippen LogP contribution in [0.15, 0.2) is 6.33 Å². The number of ether oxygens (including phenoxy) is 1. The van der Waals surface area contributed by atoms with Crippen LogP contribution in [0.3, 0.4) is 0 Å². The molecule has 0 aromatic carbocycles. The summed E-state index contributed by atoms with van der Waals surface area (Å²) in [6.45, 7) is 1.64. The first-order valence-corrected chi connectivity index (χ1v) is 6.59. The van der Waals surface area contributed by atoms with E-state index in [2.05, 4.69) is 14.7 Å². The van der Waals surface area contributed by atoms with Crippen LogP contribution in [-0.4, -0.2) is 45.1 Å². The fraction of sp³-hybridized carbons (Fsp3) is 0.500. The second kappa shape index (κ2) is 5.89. The number of halogens is 3. The first-order valence-electron chi connectivity index (χ1n) is 6.59. The number of aromatic amines is 1. The number of H-pyrrole nitrogens is 1. The number of carbonyl (C=O) groups is 3. The van der Waals surface area contributed by atoms with Gasteiger partial charge in [-0.3, -0.25) is 9.69 Å². The molecule has 0 saturated heterocycles. The van der Waals surface area contributed by atoms with E-state index in [0.29, 0.717) is 11.4 Å². The van der Waals surface area contributed by atoms with Crippen molar-refractivity contribution >= 4 is 18.0 Å². The summed E-state index contributed by atoms with van der Waals surface area (Å²) in [5.74, 6) is -3.59. The number of imidazole rings is 1. The van der Waals surface area contributed by atoms with Crippen LogP contribution in [0.5, 0.6) is 0 Å². The van der Waals surface area contributed by atoms with Gasteiger partial charge in [-0.1, -0.05) is 6.92 Å². The van der Waals surface area contributed by atoms with E-state index >= 15 is 0 Å². The van der Waals surface area contributed by atoms with Gasteiger partial charge in [0.25, 0.3) is 0 Å². The van der Waals surface area contributed by atoms with E-state index in [-0.39, 0.29) is 12.8 Å². The molecule has 2 heterocycles. The van der Waals surface area contributed by atoms with Crippen molar-refractivity contribution in [1.82, 2.24) is 14.9 Å². The first-order chi connectivity index (χ1) is 10.7. The van der Waals surface area contributed by atoms with E-state index in [4.69, 9.17) is 5.73 Å². The number of hydrogen-bond donors (Lipinski definition) is 2. The summed E-state index contributed by atoms with van der Waals surface area (Å²) < 4.78 is 40.6. The molecule has 1 aromatic rings. The Morgan fingerprint density at radius 1 is 1.48 bits per heavy atom. The van der Waals surface area contributed by atoms with E-state index in [9.17, 15) is 27.6 Å². The lowest BCUT2D eigenvalue weighted by atomic mass is 9.94. The number of carbonyl (C=O) groups excluding carboxylic acids is 3. The number of nitrogens with two attached hydrogens (primary N) is 1. The van der Waals surface area contributed by atoms with Gasteiger partial charge in [0.1, 0.15) is 6.04 Å². The Morgan fingerprint density at radius 2 is 2.13 bits per heavy atom. The fourth-order valence-electron chi connectivity index (χ4n) is 2.49. The van der Waals surface area contributed by atoms with Crippen LogP contribution in [0, 0.1) is 0 Å². The number of hydrogen-bond acceptors (Lipinski definition) is 5. The number of fused-ring (bicyclic) bond motifs is 1. The first kappa shape index (κ1) is 16.8. The van der Waals surface area contributed by atoms with Crippen molar-refractivity contribution in [1.29, 1.82) is 0 Å². The van der Waals surface area contributed by atoms with Gasteiger partial charge in [0, 0.05) is 12.1 Å². The maximum atomic E-state index is 12.2. The molecule has 3 N–H and O–H groups in total. The topological polar surface area (TPSA) is 118 Å². The molecule has 0 bridgehead atoms. The number of nitrogens with zero attached hydrogens (tertiary/aromatic N) is 2. The third-order valence-electron chi connectivity index (χ3n) is 3.47. The van der Waals surface area contributed by atoms with Gasteiger partial charge in [-0.05, 0) is 6.42 Å². The molecule has 0 unspecified atom stereocenters. The molecule has 1 aromatic heterocycles. The predicted molar refractivity (Wildman–Crippen MR) is 67.7 cm³/mol. The Labute approximate surface area is 127 Å². The number of aromatic nitrogens is 2. The van der Waals surface area contributed by atoms with Gasteiger partial charge >= 0.3 is 18.2 Å². The average Bonchev–Trinajstić information content (AvgIpc) is 2.91. The maximum Gasteiger partial charge on any atom is 0.491 e. The van der Waals surface area contributed by atoms with Crippen molar-refractivity contribution < 1.29 is 32.3 Å². The van der Waals surface area contributed by atoms with Gasteiger partial charge in [0.2, 0.25) is 5.91 Å². The molecule has 0 radical (unpaired) electrons. The second-order valence-electron chi connectivity index (χ2n) is 4.87. The molecule has 8 nitrogen and oxygen atoms in total. The fourth-order valence-corrected chi connectivity index (χ4v) is 2.49. The van der Waals surface area contributed by atoms with E-state index < -0.39 is 36.2 Å². The molecule has 2 rings (SSSR count). The summed E-state index contributed by atoms with van der Waals surface area (Å²) in [6.07, 6.45) is -5.40. The Balaban J connectivity index is 2.34. The van der Waals surface area contributed by atoms with Crippen molar-refractivity contribution in [2.45, 2.75) is 38.0 Å². The minimum atomic E-state index is -5.33. The van der Waals surface area contributed by atoms with Crippen molar-refractivity contribution in [2.75, 3.05) is 0 Å². The standard InChI is InChI=1S/C12H13F3N4O4/c1-2-6-8-5(17-4-18-8)3-7(9(16)20)19(6)11(22)23-10(21)12(13,14)15/h4,6-7H,2-3H2,1H3,(H2,16,20)(H,17,18)/t6-,7-/m0/s1. The number of nitrogens with one attached hydrogen (secondary N) is 1. The Kier molecular flexibility index (Phi) is 4.30. The highest BCUT2D eigenvalue weighted by atomic mass is 19.4. The van der Waals surface area contributed by atoms with Crippen LogP contribution >= 0.6 is 0 Å². The van der Waals surface area contributed by atoms with E-state index in [0.717, 1.165) is 4.90 Å². The largest absolute Gasteiger partial charge is 0.491 e. The number of primary amides is 1. The smallest absolute Gasteiger partial charge is 0.369 e. The molecular weight excluding hydrogens is 321 g/mol. The van der Waals surface area contributed by atoms with E-state index in [1.54, 1.807) is 6.92 Å². The number of rotatable bonds is 2. The third-order valence-corrected chi connectivity index (χ3v) is 3.47. The zero-order valence-electron chi connectivity index (χ0n) is 11.9. The summed E-state index contributed by atoms with van der Waals surface area (Å²) in [5.41, 5.74) is 6.16. The lowest BCUT2D eigenvalue weighted by Crippen LogP contribution is -2.54. The molecule has 0 saturated carbocycles. The van der Waals surface area contributed by atoms with Crippen molar-refractivity contribution in [3.8, 4) is 0 Å². The zero-order chi connectivity index (χ0) is 17.4. The normalized spacial score (nSPS) is 20.8. The molecule has 23 heavy (non-hydrogen) atoms. The average molecular weight is 334 g/mol. The molecule has 0 spiro atoms. The number of amides is 2. The summed E-state index contributed by atoms with van der Waals surface area (Å²) in [7, 11) is 0. The molecule has 1 aliphatic heterocycles. The van der Waals surface area contributed by atoms with Crippen molar-refractivity contribution in [3.63, 3.8) is 0 Å². The van der Waals surface area contributed by atoms with Crippen LogP contribution in [0.1, 0.15) is 30.8 Å². The highest BCUT2D eigenvalue weighted by Crippen LogP contribution is 2.34. The SMILES string of the molecule is CC[C@H]1c2nc[nH]c2C[C@@H](C(N)=O)N1C(=O)OC(=O)C(F)(F)F. The molecule has 2 atom stereocenters. The van der Waals surface area contributed by atoms with Crippen LogP contribution in [-0.2, 0) is 20.7 Å². The molecule has 11 heteroatoms. The van der Waals surface area contributed by atoms with Crippen molar-refractivity contribution in [3.05, 3.63) is 17.7 Å². The molecule has 0 fully saturated rings. The lowest BCUT2D eigenvalue weighted by molar-refractivity contribution is -0.194. The predicted octanol–water partition coefficient (Wildman–Crippen LogP) is 0.798. The molecule has 1 aliphatic rings. The van der Waals surface area contributed by atoms with Gasteiger partial charge < -0.3 is 15.5 Å². The van der Waals surface area contributed by atoms with E-state index in [1.165, 1.54) is 6.33 Å². The molecule has 0 aliphatic carbocycles. The van der Waals surface area contributed by atoms with Gasteiger partial charge in [-0.15, -0.1) is 0 Å². The number of esters is 1. The highest BCUT2D eigenvalue weighted by Gasteiger charge is 2.47. The number of alkyl halides is 3. The van der Waals surface area contributed by atoms with Crippen LogP contribution in [0.25, 0.3) is 0 Å². The van der Waals surface area contributed by atoms with Crippen LogP contribution in [0.2, 0.25) is 0 Å². The Morgan fingerprint density at radius 3 is 2.65 bits per heavy atom. The van der Waals surface area contributed by atoms with Crippen LogP contribution < -0.4 is 5.73 Å². The van der Waals surface area contributed by atoms with Gasteiger partial charge in [-0.2, -0.15) is 13.2 Å². The summed E-state index contributed by atoms with van der Waals surface area (Å²) in [5, 5.41) is 0. The summed E-state index contributed by atoms with van der Waals surface area (Å²) in [6, 6.07) is -2.09. The summed E-state index contributed by atoms with van der Waals surface area (Å²) >= 11 is 0. The summed E-state index contributed by atoms with van der Waals surface area (Å²) in [4.78, 5) is 42.0. The van der Waals surface area contributed by atoms with Gasteiger partial charge in [-0.25, -0.2) is 14.6 Å². The zero-order valence-corrected chi connectivity index (χ0v) is 11.9. The lowest BCUT2D eigenvalue weighted by Gasteiger charge is -2.38. The van der Waals surface area contributed by atoms with E-state index in [1.807, 2.05) is 0 Å². The van der Waals surface area contributed by atoms with Crippen molar-refractivity contribution in [2.24, 2.45) is 5.73 Å². The van der Waals surface area contributed by atoms with Gasteiger partial charge in [0.05, 0.1) is 18.1 Å². The Bertz CT molecular complexity index is 642. The van der Waals surface area contributed by atoms with Gasteiger partial charge in [0.15, 0.2) is 0 Å². The highest BCUT2D eigenvalue weighted by molar-refractivity contribution is 5.91. The monoisotopic (exact) mass is 334 g/mol. The molecular formula is C12H13F3N4O4. The molecule has 2 amide bonds. The molecule has 126 valence electrons. The minimum Gasteiger partial charge on any atom is -0.369 e. The second-order valence-corrected chi connectivity index (χ2v) is 4.87. The Hall–Kier alpha value is -2.59. The van der Waals surface area contributed by atoms with Crippen LogP contribution in [0.4, 0.5) is 18.0 Å². The quantitative estimate of drug-likeness (QED) is 0.612. The minimum absolute atomic E-state index is 0.0591. The third kappa shape index (κ3) is 3.12. The maximum absolute atomic E-state index is 12.2.